The molecule has 3 atom stereocenters. The van der Waals surface area contributed by atoms with E-state index in [0.29, 0.717) is 23.8 Å². The molecule has 4 heteroatoms. The van der Waals surface area contributed by atoms with Crippen LogP contribution in [0.2, 0.25) is 0 Å². The Labute approximate surface area is 183 Å². The van der Waals surface area contributed by atoms with Crippen molar-refractivity contribution in [2.75, 3.05) is 11.9 Å². The van der Waals surface area contributed by atoms with Crippen LogP contribution in [-0.2, 0) is 0 Å². The summed E-state index contributed by atoms with van der Waals surface area (Å²) in [6, 6.07) is 17.9. The molecule has 1 heterocycles. The minimum Gasteiger partial charge on any atom is -0.508 e. The second kappa shape index (κ2) is 8.10. The van der Waals surface area contributed by atoms with Gasteiger partial charge in [-0.25, -0.2) is 0 Å². The van der Waals surface area contributed by atoms with Gasteiger partial charge in [0.15, 0.2) is 0 Å². The van der Waals surface area contributed by atoms with E-state index in [9.17, 15) is 9.90 Å². The van der Waals surface area contributed by atoms with Crippen molar-refractivity contribution in [3.05, 3.63) is 83.4 Å². The van der Waals surface area contributed by atoms with Crippen molar-refractivity contribution in [1.82, 2.24) is 5.32 Å². The summed E-state index contributed by atoms with van der Waals surface area (Å²) in [5, 5.41) is 19.8. The van der Waals surface area contributed by atoms with Crippen LogP contribution in [0.5, 0.6) is 5.75 Å². The van der Waals surface area contributed by atoms with E-state index in [2.05, 4.69) is 41.8 Å². The molecular weight excluding hydrogens is 384 g/mol. The minimum absolute atomic E-state index is 0.00262. The average Bonchev–Trinajstić information content (AvgIpc) is 3.29. The molecule has 0 aromatic heterocycles. The SMILES string of the molecule is CCCCNC(=O)c1ccc2c(c1)C1C=CCC1C(c1c(O)ccc3ccccc13)N2. The third-order valence-corrected chi connectivity index (χ3v) is 6.70. The van der Waals surface area contributed by atoms with E-state index in [-0.39, 0.29) is 17.9 Å². The van der Waals surface area contributed by atoms with Gasteiger partial charge in [0.05, 0.1) is 6.04 Å². The fourth-order valence-electron chi connectivity index (χ4n) is 5.11. The van der Waals surface area contributed by atoms with E-state index in [1.165, 1.54) is 0 Å². The lowest BCUT2D eigenvalue weighted by Crippen LogP contribution is -2.30. The van der Waals surface area contributed by atoms with Gasteiger partial charge in [0.25, 0.3) is 5.91 Å². The van der Waals surface area contributed by atoms with Crippen molar-refractivity contribution in [2.45, 2.75) is 38.1 Å². The number of rotatable bonds is 5. The van der Waals surface area contributed by atoms with E-state index < -0.39 is 0 Å². The summed E-state index contributed by atoms with van der Waals surface area (Å²) < 4.78 is 0. The first-order valence-corrected chi connectivity index (χ1v) is 11.2. The lowest BCUT2D eigenvalue weighted by molar-refractivity contribution is 0.0953. The Balaban J connectivity index is 1.53. The molecule has 1 aliphatic carbocycles. The molecular formula is C27H28N2O2. The maximum absolute atomic E-state index is 12.6. The monoisotopic (exact) mass is 412 g/mol. The number of aromatic hydroxyl groups is 1. The van der Waals surface area contributed by atoms with Crippen molar-refractivity contribution in [2.24, 2.45) is 5.92 Å². The Bertz CT molecular complexity index is 1170. The maximum atomic E-state index is 12.6. The predicted molar refractivity (Wildman–Crippen MR) is 126 cm³/mol. The lowest BCUT2D eigenvalue weighted by Gasteiger charge is -2.38. The van der Waals surface area contributed by atoms with Crippen LogP contribution in [0.3, 0.4) is 0 Å². The van der Waals surface area contributed by atoms with Gasteiger partial charge in [-0.15, -0.1) is 0 Å². The highest BCUT2D eigenvalue weighted by Gasteiger charge is 2.39. The van der Waals surface area contributed by atoms with Gasteiger partial charge >= 0.3 is 0 Å². The molecule has 1 amide bonds. The molecule has 31 heavy (non-hydrogen) atoms. The number of benzene rings is 3. The second-order valence-electron chi connectivity index (χ2n) is 8.61. The molecule has 0 fully saturated rings. The number of hydrogen-bond donors (Lipinski definition) is 3. The lowest BCUT2D eigenvalue weighted by atomic mass is 9.75. The van der Waals surface area contributed by atoms with Crippen LogP contribution in [-0.4, -0.2) is 17.6 Å². The van der Waals surface area contributed by atoms with Crippen LogP contribution in [0, 0.1) is 5.92 Å². The molecule has 3 aromatic carbocycles. The van der Waals surface area contributed by atoms with E-state index >= 15 is 0 Å². The number of unbranched alkanes of at least 4 members (excludes halogenated alkanes) is 1. The van der Waals surface area contributed by atoms with Crippen molar-refractivity contribution < 1.29 is 9.90 Å². The molecule has 3 aromatic rings. The minimum atomic E-state index is -0.0106. The Morgan fingerprint density at radius 1 is 1.16 bits per heavy atom. The summed E-state index contributed by atoms with van der Waals surface area (Å²) in [4.78, 5) is 12.6. The number of carbonyl (C=O) groups excluding carboxylic acids is 1. The smallest absolute Gasteiger partial charge is 0.251 e. The van der Waals surface area contributed by atoms with Crippen molar-refractivity contribution in [3.8, 4) is 5.75 Å². The molecule has 0 bridgehead atoms. The number of nitrogens with one attached hydrogen (secondary N) is 2. The van der Waals surface area contributed by atoms with Gasteiger partial charge in [-0.2, -0.15) is 0 Å². The molecule has 2 aliphatic rings. The summed E-state index contributed by atoms with van der Waals surface area (Å²) >= 11 is 0. The zero-order valence-corrected chi connectivity index (χ0v) is 17.8. The number of allylic oxidation sites excluding steroid dienone is 2. The van der Waals surface area contributed by atoms with Gasteiger partial charge in [-0.05, 0) is 59.4 Å². The van der Waals surface area contributed by atoms with Crippen molar-refractivity contribution in [3.63, 3.8) is 0 Å². The van der Waals surface area contributed by atoms with Crippen LogP contribution in [0.25, 0.3) is 10.8 Å². The molecule has 0 saturated carbocycles. The van der Waals surface area contributed by atoms with Crippen LogP contribution in [0.4, 0.5) is 5.69 Å². The highest BCUT2D eigenvalue weighted by atomic mass is 16.3. The van der Waals surface area contributed by atoms with E-state index in [4.69, 9.17) is 0 Å². The number of fused-ring (bicyclic) bond motifs is 4. The zero-order chi connectivity index (χ0) is 21.4. The molecule has 3 N–H and O–H groups in total. The van der Waals surface area contributed by atoms with Crippen LogP contribution < -0.4 is 10.6 Å². The Morgan fingerprint density at radius 2 is 2.03 bits per heavy atom. The van der Waals surface area contributed by atoms with Gasteiger partial charge in [0.2, 0.25) is 0 Å². The zero-order valence-electron chi connectivity index (χ0n) is 17.8. The molecule has 4 nitrogen and oxygen atoms in total. The summed E-state index contributed by atoms with van der Waals surface area (Å²) in [6.07, 6.45) is 7.48. The fourth-order valence-corrected chi connectivity index (χ4v) is 5.11. The van der Waals surface area contributed by atoms with Gasteiger partial charge in [0.1, 0.15) is 5.75 Å². The van der Waals surface area contributed by atoms with Gasteiger partial charge < -0.3 is 15.7 Å². The van der Waals surface area contributed by atoms with E-state index in [1.807, 2.05) is 36.4 Å². The largest absolute Gasteiger partial charge is 0.508 e. The standard InChI is InChI=1S/C27H28N2O2/c1-2-3-15-28-27(31)18-11-13-23-22(16-18)20-9-6-10-21(20)26(29-23)25-19-8-5-4-7-17(19)12-14-24(25)30/h4-9,11-14,16,20-21,26,29-30H,2-3,10,15H2,1H3,(H,28,31). The van der Waals surface area contributed by atoms with Crippen molar-refractivity contribution in [1.29, 1.82) is 0 Å². The molecule has 0 saturated heterocycles. The van der Waals surface area contributed by atoms with Gasteiger partial charge in [-0.1, -0.05) is 55.8 Å². The number of amides is 1. The predicted octanol–water partition coefficient (Wildman–Crippen LogP) is 5.90. The van der Waals surface area contributed by atoms with E-state index in [1.54, 1.807) is 6.07 Å². The number of phenols is 1. The van der Waals surface area contributed by atoms with Crippen LogP contribution >= 0.6 is 0 Å². The van der Waals surface area contributed by atoms with E-state index in [0.717, 1.165) is 46.8 Å². The van der Waals surface area contributed by atoms with Crippen LogP contribution in [0.1, 0.15) is 59.6 Å². The third-order valence-electron chi connectivity index (χ3n) is 6.70. The Hall–Kier alpha value is -3.27. The summed E-state index contributed by atoms with van der Waals surface area (Å²) in [6.45, 7) is 2.83. The number of phenolic OH excluding ortho intramolecular Hbond substituents is 1. The summed E-state index contributed by atoms with van der Waals surface area (Å²) in [7, 11) is 0. The maximum Gasteiger partial charge on any atom is 0.251 e. The van der Waals surface area contributed by atoms with Gasteiger partial charge in [-0.3, -0.25) is 4.79 Å². The summed E-state index contributed by atoms with van der Waals surface area (Å²) in [5.41, 5.74) is 3.87. The second-order valence-corrected chi connectivity index (χ2v) is 8.61. The quantitative estimate of drug-likeness (QED) is 0.361. The molecule has 0 radical (unpaired) electrons. The molecule has 1 aliphatic heterocycles. The molecule has 158 valence electrons. The fraction of sp³-hybridized carbons (Fsp3) is 0.296. The first kappa shape index (κ1) is 19.7. The Morgan fingerprint density at radius 3 is 2.90 bits per heavy atom. The number of anilines is 1. The third kappa shape index (κ3) is 3.46. The summed E-state index contributed by atoms with van der Waals surface area (Å²) in [5.74, 6) is 0.839. The number of hydrogen-bond acceptors (Lipinski definition) is 3. The normalized spacial score (nSPS) is 21.4. The molecule has 3 unspecified atom stereocenters. The van der Waals surface area contributed by atoms with Gasteiger partial charge in [0, 0.05) is 29.3 Å². The first-order valence-electron chi connectivity index (χ1n) is 11.2. The first-order chi connectivity index (χ1) is 15.2. The molecule has 0 spiro atoms. The highest BCUT2D eigenvalue weighted by molar-refractivity contribution is 5.95. The topological polar surface area (TPSA) is 61.4 Å². The Kier molecular flexibility index (Phi) is 5.14. The highest BCUT2D eigenvalue weighted by Crippen LogP contribution is 2.52. The van der Waals surface area contributed by atoms with Crippen molar-refractivity contribution >= 4 is 22.4 Å². The molecule has 5 rings (SSSR count). The number of carbonyl (C=O) groups is 1. The average molecular weight is 413 g/mol. The van der Waals surface area contributed by atoms with Crippen LogP contribution in [0.15, 0.2) is 66.7 Å².